The Bertz CT molecular complexity index is 864. The molecule has 0 aromatic heterocycles. The van der Waals surface area contributed by atoms with E-state index in [0.717, 1.165) is 36.4 Å². The summed E-state index contributed by atoms with van der Waals surface area (Å²) in [6, 6.07) is 13.1. The minimum absolute atomic E-state index is 0.0831. The van der Waals surface area contributed by atoms with Gasteiger partial charge in [0.1, 0.15) is 12.4 Å². The Morgan fingerprint density at radius 3 is 2.26 bits per heavy atom. The van der Waals surface area contributed by atoms with E-state index in [9.17, 15) is 17.6 Å². The molecule has 1 fully saturated rings. The van der Waals surface area contributed by atoms with Crippen LogP contribution in [0.5, 0.6) is 0 Å². The Hall–Kier alpha value is -2.41. The van der Waals surface area contributed by atoms with E-state index in [-0.39, 0.29) is 29.1 Å². The van der Waals surface area contributed by atoms with Crippen LogP contribution in [0.4, 0.5) is 10.1 Å². The second kappa shape index (κ2) is 8.52. The molecule has 1 aliphatic carbocycles. The average molecular weight is 390 g/mol. The highest BCUT2D eigenvalue weighted by atomic mass is 32.2. The normalized spacial score (nSPS) is 15.3. The number of rotatable bonds is 6. The molecular formula is C20H23FN2O3S. The molecule has 0 unspecified atom stereocenters. The lowest BCUT2D eigenvalue weighted by molar-refractivity contribution is -0.120. The zero-order valence-corrected chi connectivity index (χ0v) is 15.8. The number of halogens is 1. The smallest absolute Gasteiger partial charge is 0.264 e. The number of carbonyl (C=O) groups excluding carboxylic acids is 1. The van der Waals surface area contributed by atoms with E-state index in [1.54, 1.807) is 18.2 Å². The van der Waals surface area contributed by atoms with Gasteiger partial charge in [0.15, 0.2) is 0 Å². The molecule has 0 heterocycles. The predicted molar refractivity (Wildman–Crippen MR) is 102 cm³/mol. The Kier molecular flexibility index (Phi) is 6.11. The second-order valence-corrected chi connectivity index (χ2v) is 8.57. The third kappa shape index (κ3) is 4.86. The maximum atomic E-state index is 13.3. The summed E-state index contributed by atoms with van der Waals surface area (Å²) in [5.74, 6) is -0.826. The molecule has 0 aliphatic heterocycles. The van der Waals surface area contributed by atoms with Gasteiger partial charge in [-0.2, -0.15) is 0 Å². The lowest BCUT2D eigenvalue weighted by Crippen LogP contribution is -2.44. The molecule has 1 saturated carbocycles. The molecule has 0 radical (unpaired) electrons. The molecular weight excluding hydrogens is 367 g/mol. The Balaban J connectivity index is 1.86. The van der Waals surface area contributed by atoms with Crippen molar-refractivity contribution in [2.24, 2.45) is 0 Å². The van der Waals surface area contributed by atoms with Crippen LogP contribution in [-0.4, -0.2) is 26.9 Å². The number of nitrogens with zero attached hydrogens (tertiary/aromatic N) is 1. The van der Waals surface area contributed by atoms with E-state index >= 15 is 0 Å². The number of hydrogen-bond donors (Lipinski definition) is 1. The van der Waals surface area contributed by atoms with Gasteiger partial charge in [0, 0.05) is 6.04 Å². The Morgan fingerprint density at radius 2 is 1.63 bits per heavy atom. The Morgan fingerprint density at radius 1 is 1.00 bits per heavy atom. The van der Waals surface area contributed by atoms with Crippen LogP contribution in [0.2, 0.25) is 0 Å². The van der Waals surface area contributed by atoms with Crippen molar-refractivity contribution in [3.8, 4) is 0 Å². The minimum atomic E-state index is -3.95. The van der Waals surface area contributed by atoms with Crippen LogP contribution < -0.4 is 9.62 Å². The minimum Gasteiger partial charge on any atom is -0.352 e. The van der Waals surface area contributed by atoms with Crippen molar-refractivity contribution in [3.05, 3.63) is 60.4 Å². The van der Waals surface area contributed by atoms with Gasteiger partial charge in [-0.3, -0.25) is 9.10 Å². The quantitative estimate of drug-likeness (QED) is 0.821. The van der Waals surface area contributed by atoms with E-state index < -0.39 is 15.8 Å². The summed E-state index contributed by atoms with van der Waals surface area (Å²) in [5, 5.41) is 2.93. The van der Waals surface area contributed by atoms with E-state index in [1.807, 2.05) is 0 Å². The number of carbonyl (C=O) groups is 1. The summed E-state index contributed by atoms with van der Waals surface area (Å²) in [6.07, 6.45) is 5.11. The maximum Gasteiger partial charge on any atom is 0.264 e. The van der Waals surface area contributed by atoms with Gasteiger partial charge in [-0.05, 0) is 49.2 Å². The summed E-state index contributed by atoms with van der Waals surface area (Å²) in [4.78, 5) is 12.6. The van der Waals surface area contributed by atoms with Crippen LogP contribution in [0.15, 0.2) is 59.5 Å². The van der Waals surface area contributed by atoms with Crippen LogP contribution in [-0.2, 0) is 14.8 Å². The van der Waals surface area contributed by atoms with Crippen molar-refractivity contribution in [2.45, 2.75) is 43.0 Å². The van der Waals surface area contributed by atoms with Gasteiger partial charge in [0.2, 0.25) is 5.91 Å². The molecule has 1 amide bonds. The number of anilines is 1. The number of benzene rings is 2. The summed E-state index contributed by atoms with van der Waals surface area (Å²) in [6.45, 7) is -0.348. The average Bonchev–Trinajstić information content (AvgIpc) is 2.68. The van der Waals surface area contributed by atoms with Crippen LogP contribution in [0.1, 0.15) is 32.1 Å². The first kappa shape index (κ1) is 19.4. The highest BCUT2D eigenvalue weighted by Gasteiger charge is 2.28. The van der Waals surface area contributed by atoms with Gasteiger partial charge in [-0.15, -0.1) is 0 Å². The zero-order chi connectivity index (χ0) is 19.3. The SMILES string of the molecule is O=C(CN(c1ccc(F)cc1)S(=O)(=O)c1ccccc1)NC1CCCCC1. The van der Waals surface area contributed by atoms with Crippen molar-refractivity contribution in [1.82, 2.24) is 5.32 Å². The number of nitrogens with one attached hydrogen (secondary N) is 1. The van der Waals surface area contributed by atoms with E-state index in [1.165, 1.54) is 36.4 Å². The van der Waals surface area contributed by atoms with Crippen LogP contribution >= 0.6 is 0 Å². The molecule has 2 aromatic rings. The van der Waals surface area contributed by atoms with Crippen molar-refractivity contribution >= 4 is 21.6 Å². The fraction of sp³-hybridized carbons (Fsp3) is 0.350. The van der Waals surface area contributed by atoms with Crippen LogP contribution in [0.25, 0.3) is 0 Å². The van der Waals surface area contributed by atoms with Crippen molar-refractivity contribution in [2.75, 3.05) is 10.8 Å². The van der Waals surface area contributed by atoms with Gasteiger partial charge in [-0.1, -0.05) is 37.5 Å². The van der Waals surface area contributed by atoms with Crippen molar-refractivity contribution in [1.29, 1.82) is 0 Å². The van der Waals surface area contributed by atoms with Gasteiger partial charge in [-0.25, -0.2) is 12.8 Å². The summed E-state index contributed by atoms with van der Waals surface area (Å²) in [7, 11) is -3.95. The summed E-state index contributed by atoms with van der Waals surface area (Å²) < 4.78 is 40.5. The summed E-state index contributed by atoms with van der Waals surface area (Å²) in [5.41, 5.74) is 0.249. The first-order chi connectivity index (χ1) is 13.0. The highest BCUT2D eigenvalue weighted by Crippen LogP contribution is 2.24. The van der Waals surface area contributed by atoms with Gasteiger partial charge < -0.3 is 5.32 Å². The fourth-order valence-electron chi connectivity index (χ4n) is 3.29. The van der Waals surface area contributed by atoms with Gasteiger partial charge in [0.05, 0.1) is 10.6 Å². The molecule has 144 valence electrons. The molecule has 3 rings (SSSR count). The highest BCUT2D eigenvalue weighted by molar-refractivity contribution is 7.92. The van der Waals surface area contributed by atoms with E-state index in [4.69, 9.17) is 0 Å². The molecule has 0 atom stereocenters. The second-order valence-electron chi connectivity index (χ2n) is 6.70. The molecule has 7 heteroatoms. The van der Waals surface area contributed by atoms with E-state index in [2.05, 4.69) is 5.32 Å². The molecule has 0 saturated heterocycles. The van der Waals surface area contributed by atoms with E-state index in [0.29, 0.717) is 0 Å². The first-order valence-corrected chi connectivity index (χ1v) is 10.5. The van der Waals surface area contributed by atoms with Crippen molar-refractivity contribution in [3.63, 3.8) is 0 Å². The summed E-state index contributed by atoms with van der Waals surface area (Å²) >= 11 is 0. The van der Waals surface area contributed by atoms with Crippen LogP contribution in [0.3, 0.4) is 0 Å². The Labute approximate surface area is 159 Å². The molecule has 5 nitrogen and oxygen atoms in total. The van der Waals surface area contributed by atoms with Gasteiger partial charge in [0.25, 0.3) is 10.0 Å². The third-order valence-corrected chi connectivity index (χ3v) is 6.49. The number of amides is 1. The number of sulfonamides is 1. The molecule has 0 bridgehead atoms. The monoisotopic (exact) mass is 390 g/mol. The largest absolute Gasteiger partial charge is 0.352 e. The molecule has 1 aliphatic rings. The maximum absolute atomic E-state index is 13.3. The van der Waals surface area contributed by atoms with Gasteiger partial charge >= 0.3 is 0 Å². The fourth-order valence-corrected chi connectivity index (χ4v) is 4.73. The topological polar surface area (TPSA) is 66.5 Å². The lowest BCUT2D eigenvalue weighted by atomic mass is 9.95. The molecule has 0 spiro atoms. The number of hydrogen-bond acceptors (Lipinski definition) is 3. The zero-order valence-electron chi connectivity index (χ0n) is 15.0. The third-order valence-electron chi connectivity index (χ3n) is 4.70. The molecule has 2 aromatic carbocycles. The first-order valence-electron chi connectivity index (χ1n) is 9.09. The van der Waals surface area contributed by atoms with Crippen LogP contribution in [0, 0.1) is 5.82 Å². The lowest BCUT2D eigenvalue weighted by Gasteiger charge is -2.27. The standard InChI is InChI=1S/C20H23FN2O3S/c21-16-11-13-18(14-12-16)23(27(25,26)19-9-5-2-6-10-19)15-20(24)22-17-7-3-1-4-8-17/h2,5-6,9-14,17H,1,3-4,7-8,15H2,(H,22,24). The molecule has 1 N–H and O–H groups in total. The van der Waals surface area contributed by atoms with Crippen molar-refractivity contribution < 1.29 is 17.6 Å². The predicted octanol–water partition coefficient (Wildman–Crippen LogP) is 3.47. The molecule has 27 heavy (non-hydrogen) atoms.